The predicted octanol–water partition coefficient (Wildman–Crippen LogP) is 0.957. The van der Waals surface area contributed by atoms with E-state index in [0.29, 0.717) is 6.29 Å². The molecule has 1 aromatic heterocycles. The van der Waals surface area contributed by atoms with E-state index in [1.54, 1.807) is 0 Å². The Morgan fingerprint density at radius 3 is 2.60 bits per heavy atom. The summed E-state index contributed by atoms with van der Waals surface area (Å²) in [5, 5.41) is 0. The first-order chi connectivity index (χ1) is 7.02. The molecule has 7 heteroatoms. The lowest BCUT2D eigenvalue weighted by Gasteiger charge is -2.02. The zero-order chi connectivity index (χ0) is 11.6. The molecule has 0 spiro atoms. The molecule has 0 radical (unpaired) electrons. The predicted molar refractivity (Wildman–Crippen MR) is 44.9 cm³/mol. The Balaban J connectivity index is 3.38. The highest BCUT2D eigenvalue weighted by atomic mass is 19.3. The van der Waals surface area contributed by atoms with Crippen molar-refractivity contribution in [1.29, 1.82) is 0 Å². The number of aldehydes is 1. The van der Waals surface area contributed by atoms with Crippen LogP contribution < -0.4 is 0 Å². The molecular formula is C8H8F2N2O3. The van der Waals surface area contributed by atoms with E-state index in [9.17, 15) is 18.4 Å². The molecule has 0 saturated heterocycles. The van der Waals surface area contributed by atoms with Crippen LogP contribution in [-0.4, -0.2) is 28.9 Å². The molecule has 15 heavy (non-hydrogen) atoms. The van der Waals surface area contributed by atoms with Gasteiger partial charge in [-0.3, -0.25) is 4.79 Å². The molecule has 82 valence electrons. The number of rotatable bonds is 3. The molecule has 5 nitrogen and oxygen atoms in total. The number of ether oxygens (including phenoxy) is 1. The third-order valence-corrected chi connectivity index (χ3v) is 1.85. The standard InChI is InChI=1S/C8H8F2N2O3/c1-12-4(3-13)11-5(7(9)10)6(12)8(14)15-2/h3,7H,1-2H3. The molecule has 0 fully saturated rings. The summed E-state index contributed by atoms with van der Waals surface area (Å²) in [5.74, 6) is -1.20. The number of aromatic nitrogens is 2. The lowest BCUT2D eigenvalue weighted by atomic mass is 10.3. The van der Waals surface area contributed by atoms with Gasteiger partial charge in [-0.1, -0.05) is 0 Å². The highest BCUT2D eigenvalue weighted by Crippen LogP contribution is 2.22. The van der Waals surface area contributed by atoms with Gasteiger partial charge in [-0.2, -0.15) is 0 Å². The van der Waals surface area contributed by atoms with E-state index in [4.69, 9.17) is 0 Å². The number of carbonyl (C=O) groups excluding carboxylic acids is 2. The van der Waals surface area contributed by atoms with Crippen LogP contribution in [-0.2, 0) is 11.8 Å². The average molecular weight is 218 g/mol. The van der Waals surface area contributed by atoms with Crippen LogP contribution in [0.15, 0.2) is 0 Å². The Labute approximate surface area is 83.7 Å². The first-order valence-electron chi connectivity index (χ1n) is 3.91. The Kier molecular flexibility index (Phi) is 3.13. The van der Waals surface area contributed by atoms with Crippen LogP contribution in [0.4, 0.5) is 8.78 Å². The van der Waals surface area contributed by atoms with Crippen molar-refractivity contribution in [2.45, 2.75) is 6.43 Å². The molecule has 1 heterocycles. The third kappa shape index (κ3) is 1.85. The van der Waals surface area contributed by atoms with Crippen LogP contribution in [0, 0.1) is 0 Å². The fraction of sp³-hybridized carbons (Fsp3) is 0.375. The highest BCUT2D eigenvalue weighted by molar-refractivity contribution is 5.90. The molecule has 0 aliphatic carbocycles. The Morgan fingerprint density at radius 2 is 2.20 bits per heavy atom. The lowest BCUT2D eigenvalue weighted by molar-refractivity contribution is 0.0576. The fourth-order valence-corrected chi connectivity index (χ4v) is 1.13. The number of nitrogens with zero attached hydrogens (tertiary/aromatic N) is 2. The van der Waals surface area contributed by atoms with Gasteiger partial charge in [0.15, 0.2) is 17.8 Å². The average Bonchev–Trinajstić information content (AvgIpc) is 2.54. The summed E-state index contributed by atoms with van der Waals surface area (Å²) in [6.07, 6.45) is -2.64. The molecule has 0 aromatic carbocycles. The zero-order valence-electron chi connectivity index (χ0n) is 8.03. The Morgan fingerprint density at radius 1 is 1.60 bits per heavy atom. The second-order valence-corrected chi connectivity index (χ2v) is 2.67. The molecule has 0 atom stereocenters. The van der Waals surface area contributed by atoms with Gasteiger partial charge >= 0.3 is 5.97 Å². The first-order valence-corrected chi connectivity index (χ1v) is 3.91. The summed E-state index contributed by atoms with van der Waals surface area (Å²) in [6.45, 7) is 0. The number of esters is 1. The molecule has 0 saturated carbocycles. The summed E-state index contributed by atoms with van der Waals surface area (Å²) in [4.78, 5) is 24.9. The van der Waals surface area contributed by atoms with Crippen molar-refractivity contribution >= 4 is 12.3 Å². The van der Waals surface area contributed by atoms with E-state index in [1.165, 1.54) is 7.05 Å². The summed E-state index contributed by atoms with van der Waals surface area (Å²) < 4.78 is 30.2. The van der Waals surface area contributed by atoms with Crippen LogP contribution in [0.1, 0.15) is 33.2 Å². The van der Waals surface area contributed by atoms with Crippen molar-refractivity contribution in [3.63, 3.8) is 0 Å². The smallest absolute Gasteiger partial charge is 0.356 e. The Bertz CT molecular complexity index is 401. The molecule has 1 aromatic rings. The van der Waals surface area contributed by atoms with Gasteiger partial charge in [0.2, 0.25) is 0 Å². The SMILES string of the molecule is COC(=O)c1c(C(F)F)nc(C=O)n1C. The molecule has 0 aliphatic rings. The van der Waals surface area contributed by atoms with E-state index >= 15 is 0 Å². The van der Waals surface area contributed by atoms with Crippen LogP contribution in [0.5, 0.6) is 0 Å². The van der Waals surface area contributed by atoms with Gasteiger partial charge < -0.3 is 9.30 Å². The van der Waals surface area contributed by atoms with Gasteiger partial charge in [0.05, 0.1) is 7.11 Å². The number of imidazole rings is 1. The summed E-state index contributed by atoms with van der Waals surface area (Å²) in [6, 6.07) is 0. The lowest BCUT2D eigenvalue weighted by Crippen LogP contribution is -2.11. The van der Waals surface area contributed by atoms with Crippen molar-refractivity contribution < 1.29 is 23.1 Å². The fourth-order valence-electron chi connectivity index (χ4n) is 1.13. The quantitative estimate of drug-likeness (QED) is 0.560. The summed E-state index contributed by atoms with van der Waals surface area (Å²) >= 11 is 0. The largest absolute Gasteiger partial charge is 0.464 e. The number of alkyl halides is 2. The van der Waals surface area contributed by atoms with Gasteiger partial charge in [-0.25, -0.2) is 18.6 Å². The highest BCUT2D eigenvalue weighted by Gasteiger charge is 2.27. The van der Waals surface area contributed by atoms with E-state index in [1.807, 2.05) is 0 Å². The van der Waals surface area contributed by atoms with Gasteiger partial charge in [-0.05, 0) is 0 Å². The van der Waals surface area contributed by atoms with Crippen LogP contribution in [0.3, 0.4) is 0 Å². The van der Waals surface area contributed by atoms with Crippen molar-refractivity contribution in [2.75, 3.05) is 7.11 Å². The normalized spacial score (nSPS) is 10.5. The maximum absolute atomic E-state index is 12.5. The topological polar surface area (TPSA) is 61.2 Å². The monoisotopic (exact) mass is 218 g/mol. The first kappa shape index (κ1) is 11.3. The van der Waals surface area contributed by atoms with E-state index < -0.39 is 23.8 Å². The van der Waals surface area contributed by atoms with Crippen molar-refractivity contribution in [3.8, 4) is 0 Å². The van der Waals surface area contributed by atoms with E-state index in [0.717, 1.165) is 11.7 Å². The minimum Gasteiger partial charge on any atom is -0.464 e. The molecule has 0 bridgehead atoms. The number of halogens is 2. The summed E-state index contributed by atoms with van der Waals surface area (Å²) in [7, 11) is 2.35. The number of hydrogen-bond acceptors (Lipinski definition) is 4. The molecular weight excluding hydrogens is 210 g/mol. The van der Waals surface area contributed by atoms with Gasteiger partial charge in [0.25, 0.3) is 6.43 Å². The molecule has 0 amide bonds. The number of carbonyl (C=O) groups is 2. The van der Waals surface area contributed by atoms with Gasteiger partial charge in [0, 0.05) is 7.05 Å². The third-order valence-electron chi connectivity index (χ3n) is 1.85. The second kappa shape index (κ2) is 4.16. The Hall–Kier alpha value is -1.79. The molecule has 1 rings (SSSR count). The van der Waals surface area contributed by atoms with Crippen LogP contribution in [0.25, 0.3) is 0 Å². The van der Waals surface area contributed by atoms with Gasteiger partial charge in [0.1, 0.15) is 5.69 Å². The molecule has 0 N–H and O–H groups in total. The number of hydrogen-bond donors (Lipinski definition) is 0. The molecule has 0 unspecified atom stereocenters. The van der Waals surface area contributed by atoms with Crippen molar-refractivity contribution in [1.82, 2.24) is 9.55 Å². The number of methoxy groups -OCH3 is 1. The van der Waals surface area contributed by atoms with Crippen LogP contribution >= 0.6 is 0 Å². The zero-order valence-corrected chi connectivity index (χ0v) is 8.03. The van der Waals surface area contributed by atoms with Crippen molar-refractivity contribution in [2.24, 2.45) is 7.05 Å². The maximum atomic E-state index is 12.5. The van der Waals surface area contributed by atoms with E-state index in [2.05, 4.69) is 9.72 Å². The van der Waals surface area contributed by atoms with E-state index in [-0.39, 0.29) is 5.82 Å². The molecule has 0 aliphatic heterocycles. The van der Waals surface area contributed by atoms with Gasteiger partial charge in [-0.15, -0.1) is 0 Å². The minimum atomic E-state index is -2.93. The van der Waals surface area contributed by atoms with Crippen molar-refractivity contribution in [3.05, 3.63) is 17.2 Å². The maximum Gasteiger partial charge on any atom is 0.356 e. The van der Waals surface area contributed by atoms with Crippen LogP contribution in [0.2, 0.25) is 0 Å². The summed E-state index contributed by atoms with van der Waals surface area (Å²) in [5.41, 5.74) is -1.15. The second-order valence-electron chi connectivity index (χ2n) is 2.67. The minimum absolute atomic E-state index is 0.245.